The first-order chi connectivity index (χ1) is 19.0. The monoisotopic (exact) mass is 561 g/mol. The number of nitrogens with one attached hydrogen (secondary N) is 3. The van der Waals surface area contributed by atoms with Crippen LogP contribution in [0.3, 0.4) is 0 Å². The van der Waals surface area contributed by atoms with Crippen molar-refractivity contribution in [1.82, 2.24) is 20.4 Å². The van der Waals surface area contributed by atoms with Crippen molar-refractivity contribution in [3.8, 4) is 5.75 Å². The van der Waals surface area contributed by atoms with E-state index >= 15 is 4.39 Å². The number of hydrogen-bond donors (Lipinski definition) is 4. The van der Waals surface area contributed by atoms with Gasteiger partial charge in [0.25, 0.3) is 0 Å². The number of nitrogens with zero attached hydrogens (tertiary/aromatic N) is 6. The first kappa shape index (κ1) is 29.3. The van der Waals surface area contributed by atoms with E-state index in [1.54, 1.807) is 0 Å². The molecule has 1 aromatic heterocycles. The van der Waals surface area contributed by atoms with Crippen LogP contribution in [-0.2, 0) is 4.79 Å². The van der Waals surface area contributed by atoms with E-state index in [1.807, 2.05) is 0 Å². The average molecular weight is 562 g/mol. The summed E-state index contributed by atoms with van der Waals surface area (Å²) in [6, 6.07) is 2.81. The third-order valence-corrected chi connectivity index (χ3v) is 7.12. The number of aromatic nitrogens is 2. The Hall–Kier alpha value is -3.65. The number of aliphatic hydroxyl groups excluding tert-OH is 1. The summed E-state index contributed by atoms with van der Waals surface area (Å²) in [5.74, 6) is -1.90. The number of aliphatic hydroxyl groups is 1. The third-order valence-electron chi connectivity index (χ3n) is 7.12. The molecule has 1 aromatic carbocycles. The van der Waals surface area contributed by atoms with Crippen molar-refractivity contribution >= 4 is 29.0 Å². The van der Waals surface area contributed by atoms with Crippen LogP contribution in [0.15, 0.2) is 28.7 Å². The maximum absolute atomic E-state index is 15.2. The highest BCUT2D eigenvalue weighted by Gasteiger charge is 2.43. The van der Waals surface area contributed by atoms with Gasteiger partial charge in [-0.15, -0.1) is 0 Å². The quantitative estimate of drug-likeness (QED) is 0.251. The van der Waals surface area contributed by atoms with Gasteiger partial charge in [0.2, 0.25) is 11.9 Å². The molecule has 3 atom stereocenters. The van der Waals surface area contributed by atoms with Crippen LogP contribution in [0.2, 0.25) is 0 Å². The lowest BCUT2D eigenvalue weighted by Crippen LogP contribution is -2.55. The number of carbonyl (C=O) groups excluding carboxylic acids is 1. The number of rotatable bonds is 10. The Bertz CT molecular complexity index is 1240. The van der Waals surface area contributed by atoms with Crippen LogP contribution < -0.4 is 25.9 Å². The van der Waals surface area contributed by atoms with Crippen LogP contribution in [0, 0.1) is 11.6 Å². The summed E-state index contributed by atoms with van der Waals surface area (Å²) >= 11 is 0. The molecule has 12 nitrogen and oxygen atoms in total. The number of halogens is 2. The fourth-order valence-corrected chi connectivity index (χ4v) is 5.49. The van der Waals surface area contributed by atoms with Gasteiger partial charge in [-0.05, 0) is 59.1 Å². The van der Waals surface area contributed by atoms with Gasteiger partial charge in [-0.2, -0.15) is 15.6 Å². The van der Waals surface area contributed by atoms with Crippen LogP contribution in [0.5, 0.6) is 5.75 Å². The summed E-state index contributed by atoms with van der Waals surface area (Å²) in [5.41, 5.74) is 2.44. The molecular formula is C26H37F2N9O3. The van der Waals surface area contributed by atoms with Gasteiger partial charge in [0.15, 0.2) is 17.5 Å². The molecule has 14 heteroatoms. The van der Waals surface area contributed by atoms with Crippen molar-refractivity contribution < 1.29 is 23.4 Å². The zero-order valence-electron chi connectivity index (χ0n) is 23.4. The van der Waals surface area contributed by atoms with Crippen LogP contribution in [0.25, 0.3) is 0 Å². The molecule has 2 aliphatic heterocycles. The van der Waals surface area contributed by atoms with Crippen molar-refractivity contribution in [1.29, 1.82) is 0 Å². The Labute approximate surface area is 232 Å². The van der Waals surface area contributed by atoms with Gasteiger partial charge in [0, 0.05) is 30.6 Å². The number of hydrazine groups is 1. The van der Waals surface area contributed by atoms with E-state index in [1.165, 1.54) is 27.0 Å². The number of piperidine rings is 1. The fourth-order valence-electron chi connectivity index (χ4n) is 5.49. The van der Waals surface area contributed by atoms with Gasteiger partial charge >= 0.3 is 0 Å². The van der Waals surface area contributed by atoms with E-state index in [-0.39, 0.29) is 47.1 Å². The maximum Gasteiger partial charge on any atom is 0.243 e. The molecule has 0 radical (unpaired) electrons. The number of amides is 1. The number of ether oxygens (including phenoxy) is 1. The van der Waals surface area contributed by atoms with Crippen LogP contribution in [-0.4, -0.2) is 69.8 Å². The molecule has 2 aromatic rings. The Morgan fingerprint density at radius 1 is 1.35 bits per heavy atom. The second kappa shape index (κ2) is 12.3. The fraction of sp³-hybridized carbons (Fsp3) is 0.577. The van der Waals surface area contributed by atoms with Crippen molar-refractivity contribution in [3.63, 3.8) is 0 Å². The average Bonchev–Trinajstić information content (AvgIpc) is 3.36. The highest BCUT2D eigenvalue weighted by molar-refractivity contribution is 5.93. The Morgan fingerprint density at radius 2 is 2.12 bits per heavy atom. The Balaban J connectivity index is 1.60. The van der Waals surface area contributed by atoms with Crippen LogP contribution in [0.1, 0.15) is 53.4 Å². The summed E-state index contributed by atoms with van der Waals surface area (Å²) in [6.07, 6.45) is 4.16. The first-order valence-electron chi connectivity index (χ1n) is 13.3. The molecule has 1 amide bonds. The second-order valence-electron chi connectivity index (χ2n) is 10.8. The van der Waals surface area contributed by atoms with Crippen molar-refractivity contribution in [2.75, 3.05) is 35.8 Å². The smallest absolute Gasteiger partial charge is 0.243 e. The van der Waals surface area contributed by atoms with Crippen molar-refractivity contribution in [3.05, 3.63) is 30.0 Å². The minimum atomic E-state index is -0.840. The molecule has 0 spiro atoms. The number of benzene rings is 1. The highest BCUT2D eigenvalue weighted by Crippen LogP contribution is 2.39. The van der Waals surface area contributed by atoms with Gasteiger partial charge in [0.1, 0.15) is 18.0 Å². The van der Waals surface area contributed by atoms with Gasteiger partial charge in [-0.1, -0.05) is 5.22 Å². The predicted octanol–water partition coefficient (Wildman–Crippen LogP) is 3.93. The summed E-state index contributed by atoms with van der Waals surface area (Å²) in [6.45, 7) is 8.12. The molecule has 4 N–H and O–H groups in total. The van der Waals surface area contributed by atoms with Gasteiger partial charge in [-0.3, -0.25) is 9.69 Å². The minimum Gasteiger partial charge on any atom is -0.489 e. The molecule has 3 heterocycles. The molecule has 2 aliphatic rings. The molecule has 218 valence electrons. The Kier molecular flexibility index (Phi) is 8.98. The second-order valence-corrected chi connectivity index (χ2v) is 10.8. The molecular weight excluding hydrogens is 524 g/mol. The van der Waals surface area contributed by atoms with Crippen LogP contribution in [0.4, 0.5) is 31.9 Å². The highest BCUT2D eigenvalue weighted by atomic mass is 19.1. The lowest BCUT2D eigenvalue weighted by Gasteiger charge is -2.47. The molecule has 40 heavy (non-hydrogen) atoms. The standard InChI is InChI=1S/C26H37F2N9O3/c1-15(38)14-40-23-10-19(27)21(11-22(23)37(16(2)39)35-34-29-5)32-25-30-13-20(28)24(33-25)31-17-9-18-7-6-8-36(18)26(3,4)12-17/h10-11,13,15,17-18,38H,6-9,12,14H2,1-5H3,(H,29,35)(H2,30,31,32,33)/t15-,17-,18+/m1/s1. The molecule has 0 saturated carbocycles. The number of fused-ring (bicyclic) bond motifs is 1. The predicted molar refractivity (Wildman–Crippen MR) is 146 cm³/mol. The SMILES string of the molecule is CN=NNN(C(C)=O)c1cc(Nc2ncc(F)c(N[C@@H]3C[C@@H]4CCCN4C(C)(C)C3)n2)c(F)cc1OC[C@@H](C)O. The first-order valence-corrected chi connectivity index (χ1v) is 13.3. The van der Waals surface area contributed by atoms with E-state index in [0.717, 1.165) is 49.5 Å². The molecule has 2 saturated heterocycles. The maximum atomic E-state index is 15.2. The third kappa shape index (κ3) is 6.73. The number of anilines is 4. The normalized spacial score (nSPS) is 21.1. The zero-order chi connectivity index (χ0) is 29.0. The van der Waals surface area contributed by atoms with Crippen LogP contribution >= 0.6 is 0 Å². The molecule has 0 unspecified atom stereocenters. The molecule has 4 rings (SSSR count). The van der Waals surface area contributed by atoms with E-state index in [4.69, 9.17) is 4.74 Å². The largest absolute Gasteiger partial charge is 0.489 e. The van der Waals surface area contributed by atoms with Gasteiger partial charge in [0.05, 0.1) is 25.0 Å². The summed E-state index contributed by atoms with van der Waals surface area (Å²) in [5, 5.41) is 23.9. The van der Waals surface area contributed by atoms with E-state index in [9.17, 15) is 14.3 Å². The summed E-state index contributed by atoms with van der Waals surface area (Å²) < 4.78 is 35.5. The Morgan fingerprint density at radius 3 is 2.83 bits per heavy atom. The number of carbonyl (C=O) groups is 1. The number of hydrogen-bond acceptors (Lipinski definition) is 10. The zero-order valence-corrected chi connectivity index (χ0v) is 23.4. The molecule has 2 fully saturated rings. The van der Waals surface area contributed by atoms with Gasteiger partial charge in [-0.25, -0.2) is 18.8 Å². The molecule has 0 aliphatic carbocycles. The topological polar surface area (TPSA) is 140 Å². The minimum absolute atomic E-state index is 0.0169. The lowest BCUT2D eigenvalue weighted by atomic mass is 9.84. The van der Waals surface area contributed by atoms with E-state index < -0.39 is 23.6 Å². The molecule has 0 bridgehead atoms. The van der Waals surface area contributed by atoms with Crippen molar-refractivity contribution in [2.45, 2.75) is 77.1 Å². The van der Waals surface area contributed by atoms with E-state index in [0.29, 0.717) is 6.04 Å². The van der Waals surface area contributed by atoms with Crippen molar-refractivity contribution in [2.24, 2.45) is 10.3 Å². The summed E-state index contributed by atoms with van der Waals surface area (Å²) in [7, 11) is 1.41. The summed E-state index contributed by atoms with van der Waals surface area (Å²) in [4.78, 5) is 23.2. The van der Waals surface area contributed by atoms with Gasteiger partial charge < -0.3 is 20.5 Å². The lowest BCUT2D eigenvalue weighted by molar-refractivity contribution is -0.117. The van der Waals surface area contributed by atoms with E-state index in [2.05, 4.69) is 55.2 Å².